The summed E-state index contributed by atoms with van der Waals surface area (Å²) in [7, 11) is 5.69. The molecule has 1 fully saturated rings. The summed E-state index contributed by atoms with van der Waals surface area (Å²) >= 11 is 0. The van der Waals surface area contributed by atoms with Crippen LogP contribution >= 0.6 is 0 Å². The summed E-state index contributed by atoms with van der Waals surface area (Å²) in [6.45, 7) is 4.40. The minimum absolute atomic E-state index is 0.0409. The number of phenols is 1. The molecular formula is C29H32FN5O3. The molecular weight excluding hydrogens is 485 g/mol. The van der Waals surface area contributed by atoms with Crippen LogP contribution in [0.25, 0.3) is 33.3 Å². The largest absolute Gasteiger partial charge is 0.504 e. The Hall–Kier alpha value is -3.95. The third-order valence-electron chi connectivity index (χ3n) is 7.08. The van der Waals surface area contributed by atoms with Crippen molar-refractivity contribution in [3.63, 3.8) is 0 Å². The van der Waals surface area contributed by atoms with E-state index in [-0.39, 0.29) is 11.5 Å². The number of benzene rings is 2. The van der Waals surface area contributed by atoms with Gasteiger partial charge in [0.15, 0.2) is 11.6 Å². The van der Waals surface area contributed by atoms with E-state index in [1.807, 2.05) is 50.6 Å². The van der Waals surface area contributed by atoms with E-state index in [4.69, 9.17) is 4.74 Å². The van der Waals surface area contributed by atoms with Crippen LogP contribution in [0.5, 0.6) is 11.5 Å². The topological polar surface area (TPSA) is 84.9 Å². The molecule has 2 N–H and O–H groups in total. The van der Waals surface area contributed by atoms with Crippen LogP contribution in [0.4, 0.5) is 4.39 Å². The maximum Gasteiger partial charge on any atom is 0.257 e. The molecule has 9 heteroatoms. The van der Waals surface area contributed by atoms with Crippen LogP contribution in [0.2, 0.25) is 0 Å². The van der Waals surface area contributed by atoms with Crippen LogP contribution in [-0.2, 0) is 0 Å². The minimum atomic E-state index is -0.838. The highest BCUT2D eigenvalue weighted by atomic mass is 19.1. The van der Waals surface area contributed by atoms with Crippen molar-refractivity contribution in [2.75, 3.05) is 60.5 Å². The SMILES string of the molecule is COc1ccccc1-c1c[nH]c2ncc(-c3cc(F)c(O)c(C(=O)N4CCN(CCN(C)C)CC4)c3)cc12. The molecule has 3 heterocycles. The van der Waals surface area contributed by atoms with Gasteiger partial charge in [0.1, 0.15) is 11.4 Å². The molecule has 2 aromatic carbocycles. The molecule has 1 aliphatic rings. The number of aromatic amines is 1. The maximum atomic E-state index is 14.9. The Morgan fingerprint density at radius 1 is 1.11 bits per heavy atom. The van der Waals surface area contributed by atoms with Gasteiger partial charge in [0.25, 0.3) is 5.91 Å². The number of likely N-dealkylation sites (N-methyl/N-ethyl adjacent to an activating group) is 1. The monoisotopic (exact) mass is 517 g/mol. The first-order valence-corrected chi connectivity index (χ1v) is 12.7. The number of ether oxygens (including phenoxy) is 1. The van der Waals surface area contributed by atoms with Crippen molar-refractivity contribution in [2.24, 2.45) is 0 Å². The van der Waals surface area contributed by atoms with E-state index >= 15 is 0 Å². The lowest BCUT2D eigenvalue weighted by Crippen LogP contribution is -2.50. The Labute approximate surface area is 221 Å². The van der Waals surface area contributed by atoms with Gasteiger partial charge >= 0.3 is 0 Å². The minimum Gasteiger partial charge on any atom is -0.504 e. The van der Waals surface area contributed by atoms with Gasteiger partial charge in [-0.15, -0.1) is 0 Å². The number of nitrogens with zero attached hydrogens (tertiary/aromatic N) is 4. The van der Waals surface area contributed by atoms with Gasteiger partial charge in [-0.05, 0) is 43.9 Å². The fourth-order valence-corrected chi connectivity index (χ4v) is 4.87. The number of H-pyrrole nitrogens is 1. The number of hydrogen-bond donors (Lipinski definition) is 2. The zero-order chi connectivity index (χ0) is 26.8. The molecule has 0 spiro atoms. The van der Waals surface area contributed by atoms with Gasteiger partial charge in [0.05, 0.1) is 12.7 Å². The molecule has 1 aliphatic heterocycles. The molecule has 0 aliphatic carbocycles. The molecule has 5 rings (SSSR count). The lowest BCUT2D eigenvalue weighted by atomic mass is 9.99. The average Bonchev–Trinajstić information content (AvgIpc) is 3.36. The molecule has 1 saturated heterocycles. The van der Waals surface area contributed by atoms with E-state index in [0.717, 1.165) is 48.4 Å². The molecule has 0 atom stereocenters. The Bertz CT molecular complexity index is 1460. The van der Waals surface area contributed by atoms with Gasteiger partial charge in [-0.3, -0.25) is 9.69 Å². The Kier molecular flexibility index (Phi) is 7.31. The van der Waals surface area contributed by atoms with Crippen molar-refractivity contribution in [3.8, 4) is 33.8 Å². The smallest absolute Gasteiger partial charge is 0.257 e. The van der Waals surface area contributed by atoms with Gasteiger partial charge in [0, 0.05) is 73.7 Å². The van der Waals surface area contributed by atoms with Crippen LogP contribution in [0.15, 0.2) is 54.9 Å². The number of hydrogen-bond acceptors (Lipinski definition) is 6. The summed E-state index contributed by atoms with van der Waals surface area (Å²) in [5.74, 6) is -1.11. The second kappa shape index (κ2) is 10.8. The van der Waals surface area contributed by atoms with Gasteiger partial charge in [-0.2, -0.15) is 0 Å². The lowest BCUT2D eigenvalue weighted by molar-refractivity contribution is 0.0626. The Morgan fingerprint density at radius 2 is 1.87 bits per heavy atom. The summed E-state index contributed by atoms with van der Waals surface area (Å²) in [4.78, 5) is 27.2. The number of aromatic hydroxyl groups is 1. The number of phenolic OH excluding ortho intramolecular Hbond substituents is 1. The number of piperazine rings is 1. The first-order valence-electron chi connectivity index (χ1n) is 12.7. The van der Waals surface area contributed by atoms with Gasteiger partial charge in [0.2, 0.25) is 0 Å². The first-order chi connectivity index (χ1) is 18.4. The van der Waals surface area contributed by atoms with Crippen molar-refractivity contribution in [1.82, 2.24) is 24.7 Å². The summed E-state index contributed by atoms with van der Waals surface area (Å²) in [5.41, 5.74) is 3.54. The standard InChI is InChI=1S/C29H32FN5O3/c1-33(2)8-9-34-10-12-35(13-11-34)29(37)23-14-19(16-25(30)27(23)36)20-15-22-24(18-32-28(22)31-17-20)21-6-4-5-7-26(21)38-3/h4-7,14-18,36H,8-13H2,1-3H3,(H,31,32). The van der Waals surface area contributed by atoms with E-state index in [0.29, 0.717) is 29.9 Å². The average molecular weight is 518 g/mol. The second-order valence-electron chi connectivity index (χ2n) is 9.81. The summed E-state index contributed by atoms with van der Waals surface area (Å²) < 4.78 is 20.4. The molecule has 0 unspecified atom stereocenters. The molecule has 8 nitrogen and oxygen atoms in total. The molecule has 0 radical (unpaired) electrons. The quantitative estimate of drug-likeness (QED) is 0.385. The normalized spacial score (nSPS) is 14.4. The first kappa shape index (κ1) is 25.7. The number of rotatable bonds is 7. The fourth-order valence-electron chi connectivity index (χ4n) is 4.87. The van der Waals surface area contributed by atoms with Crippen LogP contribution in [0.3, 0.4) is 0 Å². The van der Waals surface area contributed by atoms with Crippen molar-refractivity contribution < 1.29 is 19.0 Å². The number of halogens is 1. The molecule has 38 heavy (non-hydrogen) atoms. The summed E-state index contributed by atoms with van der Waals surface area (Å²) in [5, 5.41) is 11.3. The molecule has 4 aromatic rings. The lowest BCUT2D eigenvalue weighted by Gasteiger charge is -2.35. The van der Waals surface area contributed by atoms with Crippen LogP contribution in [-0.4, -0.2) is 96.2 Å². The fraction of sp³-hybridized carbons (Fsp3) is 0.310. The highest BCUT2D eigenvalue weighted by Crippen LogP contribution is 2.37. The number of pyridine rings is 1. The Balaban J connectivity index is 1.44. The number of amides is 1. The maximum absolute atomic E-state index is 14.9. The van der Waals surface area contributed by atoms with Crippen molar-refractivity contribution in [3.05, 3.63) is 66.2 Å². The van der Waals surface area contributed by atoms with E-state index in [1.165, 1.54) is 6.07 Å². The number of carbonyl (C=O) groups excluding carboxylic acids is 1. The third kappa shape index (κ3) is 5.07. The van der Waals surface area contributed by atoms with E-state index in [9.17, 15) is 14.3 Å². The molecule has 2 aromatic heterocycles. The van der Waals surface area contributed by atoms with Gasteiger partial charge < -0.3 is 24.6 Å². The number of aromatic nitrogens is 2. The van der Waals surface area contributed by atoms with E-state index in [1.54, 1.807) is 24.3 Å². The zero-order valence-corrected chi connectivity index (χ0v) is 21.9. The molecule has 0 saturated carbocycles. The van der Waals surface area contributed by atoms with Crippen LogP contribution in [0.1, 0.15) is 10.4 Å². The predicted octanol–water partition coefficient (Wildman–Crippen LogP) is 4.07. The number of nitrogens with one attached hydrogen (secondary N) is 1. The van der Waals surface area contributed by atoms with Crippen LogP contribution in [0, 0.1) is 5.82 Å². The van der Waals surface area contributed by atoms with Gasteiger partial charge in [-0.25, -0.2) is 9.37 Å². The van der Waals surface area contributed by atoms with Crippen molar-refractivity contribution in [1.29, 1.82) is 0 Å². The highest BCUT2D eigenvalue weighted by Gasteiger charge is 2.26. The molecule has 198 valence electrons. The third-order valence-corrected chi connectivity index (χ3v) is 7.08. The van der Waals surface area contributed by atoms with Crippen molar-refractivity contribution >= 4 is 16.9 Å². The van der Waals surface area contributed by atoms with E-state index in [2.05, 4.69) is 19.8 Å². The van der Waals surface area contributed by atoms with Gasteiger partial charge in [-0.1, -0.05) is 18.2 Å². The van der Waals surface area contributed by atoms with Crippen LogP contribution < -0.4 is 4.74 Å². The zero-order valence-electron chi connectivity index (χ0n) is 21.9. The highest BCUT2D eigenvalue weighted by molar-refractivity contribution is 6.00. The predicted molar refractivity (Wildman–Crippen MR) is 146 cm³/mol. The number of fused-ring (bicyclic) bond motifs is 1. The molecule has 1 amide bonds. The Morgan fingerprint density at radius 3 is 2.61 bits per heavy atom. The van der Waals surface area contributed by atoms with Crippen molar-refractivity contribution in [2.45, 2.75) is 0 Å². The molecule has 0 bridgehead atoms. The number of carbonyl (C=O) groups is 1. The summed E-state index contributed by atoms with van der Waals surface area (Å²) in [6, 6.07) is 12.4. The number of para-hydroxylation sites is 1. The summed E-state index contributed by atoms with van der Waals surface area (Å²) in [6.07, 6.45) is 3.50. The van der Waals surface area contributed by atoms with E-state index < -0.39 is 11.6 Å². The second-order valence-corrected chi connectivity index (χ2v) is 9.81. The number of methoxy groups -OCH3 is 1.